The summed E-state index contributed by atoms with van der Waals surface area (Å²) in [6, 6.07) is 7.18. The van der Waals surface area contributed by atoms with Gasteiger partial charge in [0, 0.05) is 12.8 Å². The van der Waals surface area contributed by atoms with E-state index in [4.69, 9.17) is 4.74 Å². The van der Waals surface area contributed by atoms with Crippen molar-refractivity contribution >= 4 is 15.8 Å². The summed E-state index contributed by atoms with van der Waals surface area (Å²) in [7, 11) is -1.56. The Morgan fingerprint density at radius 1 is 1.32 bits per heavy atom. The number of carbonyl (C=O) groups is 1. The van der Waals surface area contributed by atoms with Gasteiger partial charge in [-0.05, 0) is 24.6 Å². The molecule has 0 spiro atoms. The topological polar surface area (TPSA) is 72.5 Å². The summed E-state index contributed by atoms with van der Waals surface area (Å²) in [5.74, 6) is -0.202. The van der Waals surface area contributed by atoms with Crippen LogP contribution in [0.25, 0.3) is 0 Å². The zero-order valence-electron chi connectivity index (χ0n) is 11.2. The van der Waals surface area contributed by atoms with E-state index in [1.54, 1.807) is 12.1 Å². The van der Waals surface area contributed by atoms with Crippen molar-refractivity contribution in [3.05, 3.63) is 35.4 Å². The van der Waals surface area contributed by atoms with Crippen LogP contribution in [0.1, 0.15) is 22.3 Å². The molecule has 1 N–H and O–H groups in total. The Morgan fingerprint density at radius 3 is 2.63 bits per heavy atom. The molecule has 0 radical (unpaired) electrons. The number of methoxy groups -OCH3 is 1. The maximum Gasteiger partial charge on any atom is 0.338 e. The third kappa shape index (κ3) is 5.85. The average molecular weight is 285 g/mol. The second-order valence-corrected chi connectivity index (χ2v) is 6.57. The molecule has 0 aliphatic heterocycles. The van der Waals surface area contributed by atoms with Gasteiger partial charge in [0.05, 0.1) is 18.4 Å². The van der Waals surface area contributed by atoms with E-state index in [0.717, 1.165) is 5.56 Å². The number of esters is 1. The number of hydrogen-bond acceptors (Lipinski definition) is 5. The van der Waals surface area contributed by atoms with Crippen molar-refractivity contribution in [1.82, 2.24) is 5.32 Å². The van der Waals surface area contributed by atoms with Crippen molar-refractivity contribution in [2.75, 3.05) is 25.7 Å². The molecule has 6 heteroatoms. The predicted molar refractivity (Wildman–Crippen MR) is 73.8 cm³/mol. The van der Waals surface area contributed by atoms with Crippen LogP contribution in [0.2, 0.25) is 0 Å². The van der Waals surface area contributed by atoms with Gasteiger partial charge in [-0.2, -0.15) is 0 Å². The fraction of sp³-hybridized carbons (Fsp3) is 0.462. The molecule has 0 bridgehead atoms. The molecule has 0 heterocycles. The molecular formula is C13H19NO4S. The summed E-state index contributed by atoms with van der Waals surface area (Å²) < 4.78 is 26.6. The normalized spacial score (nSPS) is 11.3. The minimum atomic E-state index is -2.91. The lowest BCUT2D eigenvalue weighted by Gasteiger charge is -2.08. The minimum Gasteiger partial charge on any atom is -0.465 e. The van der Waals surface area contributed by atoms with Crippen LogP contribution in [0.4, 0.5) is 0 Å². The van der Waals surface area contributed by atoms with E-state index in [0.29, 0.717) is 25.1 Å². The quantitative estimate of drug-likeness (QED) is 0.597. The fourth-order valence-electron chi connectivity index (χ4n) is 1.67. The van der Waals surface area contributed by atoms with Crippen molar-refractivity contribution < 1.29 is 17.9 Å². The van der Waals surface area contributed by atoms with Gasteiger partial charge < -0.3 is 10.1 Å². The number of benzene rings is 1. The van der Waals surface area contributed by atoms with Crippen LogP contribution in [0.3, 0.4) is 0 Å². The van der Waals surface area contributed by atoms with Gasteiger partial charge in [0.2, 0.25) is 0 Å². The lowest BCUT2D eigenvalue weighted by atomic mass is 10.1. The third-order valence-corrected chi connectivity index (χ3v) is 3.64. The molecule has 106 valence electrons. The highest BCUT2D eigenvalue weighted by Gasteiger charge is 2.10. The van der Waals surface area contributed by atoms with E-state index in [9.17, 15) is 13.2 Å². The molecule has 1 rings (SSSR count). The van der Waals surface area contributed by atoms with E-state index in [1.807, 2.05) is 12.1 Å². The summed E-state index contributed by atoms with van der Waals surface area (Å²) in [5, 5.41) is 3.12. The van der Waals surface area contributed by atoms with Crippen molar-refractivity contribution in [2.24, 2.45) is 0 Å². The molecule has 1 aromatic carbocycles. The molecule has 0 saturated carbocycles. The highest BCUT2D eigenvalue weighted by Crippen LogP contribution is 2.09. The Balaban J connectivity index is 2.47. The van der Waals surface area contributed by atoms with E-state index in [2.05, 4.69) is 5.32 Å². The van der Waals surface area contributed by atoms with E-state index in [-0.39, 0.29) is 11.7 Å². The van der Waals surface area contributed by atoms with Crippen molar-refractivity contribution in [3.63, 3.8) is 0 Å². The first-order valence-corrected chi connectivity index (χ1v) is 8.05. The van der Waals surface area contributed by atoms with Crippen LogP contribution < -0.4 is 5.32 Å². The molecule has 0 atom stereocenters. The zero-order chi connectivity index (χ0) is 14.3. The molecule has 0 aliphatic carbocycles. The van der Waals surface area contributed by atoms with Crippen LogP contribution >= 0.6 is 0 Å². The highest BCUT2D eigenvalue weighted by atomic mass is 32.2. The van der Waals surface area contributed by atoms with Gasteiger partial charge in [0.15, 0.2) is 0 Å². The molecule has 5 nitrogen and oxygen atoms in total. The van der Waals surface area contributed by atoms with Crippen LogP contribution in [0, 0.1) is 0 Å². The smallest absolute Gasteiger partial charge is 0.338 e. The zero-order valence-corrected chi connectivity index (χ0v) is 12.0. The Morgan fingerprint density at radius 2 is 2.00 bits per heavy atom. The van der Waals surface area contributed by atoms with E-state index >= 15 is 0 Å². The summed E-state index contributed by atoms with van der Waals surface area (Å²) in [6.07, 6.45) is 1.78. The maximum atomic E-state index is 11.5. The third-order valence-electron chi connectivity index (χ3n) is 2.61. The summed E-state index contributed by atoms with van der Waals surface area (Å²) >= 11 is 0. The molecule has 0 aliphatic rings. The number of ether oxygens (including phenoxy) is 1. The molecule has 0 fully saturated rings. The van der Waals surface area contributed by atoms with Crippen molar-refractivity contribution in [3.8, 4) is 0 Å². The first-order chi connectivity index (χ1) is 8.94. The molecule has 19 heavy (non-hydrogen) atoms. The minimum absolute atomic E-state index is 0.165. The van der Waals surface area contributed by atoms with Gasteiger partial charge in [-0.1, -0.05) is 18.2 Å². The van der Waals surface area contributed by atoms with Gasteiger partial charge >= 0.3 is 5.97 Å². The van der Waals surface area contributed by atoms with Crippen LogP contribution in [0.5, 0.6) is 0 Å². The summed E-state index contributed by atoms with van der Waals surface area (Å²) in [4.78, 5) is 11.5. The van der Waals surface area contributed by atoms with E-state index < -0.39 is 9.84 Å². The first kappa shape index (κ1) is 15.7. The Labute approximate surface area is 113 Å². The second-order valence-electron chi connectivity index (χ2n) is 4.31. The van der Waals surface area contributed by atoms with Gasteiger partial charge in [-0.15, -0.1) is 0 Å². The van der Waals surface area contributed by atoms with E-state index in [1.165, 1.54) is 13.4 Å². The van der Waals surface area contributed by atoms with Gasteiger partial charge in [-0.25, -0.2) is 13.2 Å². The summed E-state index contributed by atoms with van der Waals surface area (Å²) in [5.41, 5.74) is 1.37. The molecule has 0 saturated heterocycles. The highest BCUT2D eigenvalue weighted by molar-refractivity contribution is 7.90. The number of carbonyl (C=O) groups excluding carboxylic acids is 1. The average Bonchev–Trinajstić information content (AvgIpc) is 2.36. The lowest BCUT2D eigenvalue weighted by molar-refractivity contribution is 0.0599. The molecule has 0 amide bonds. The SMILES string of the molecule is COC(=O)c1ccccc1CNCCCS(C)(=O)=O. The van der Waals surface area contributed by atoms with Gasteiger partial charge in [-0.3, -0.25) is 0 Å². The molecule has 1 aromatic rings. The Bertz CT molecular complexity index is 525. The molecule has 0 unspecified atom stereocenters. The molecular weight excluding hydrogens is 266 g/mol. The second kappa shape index (κ2) is 7.25. The number of hydrogen-bond donors (Lipinski definition) is 1. The standard InChI is InChI=1S/C13H19NO4S/c1-18-13(15)12-7-4-3-6-11(12)10-14-8-5-9-19(2,16)17/h3-4,6-7,14H,5,8-10H2,1-2H3. The molecule has 0 aromatic heterocycles. The van der Waals surface area contributed by atoms with Crippen LogP contribution in [-0.4, -0.2) is 40.1 Å². The van der Waals surface area contributed by atoms with Gasteiger partial charge in [0.1, 0.15) is 9.84 Å². The van der Waals surface area contributed by atoms with Crippen molar-refractivity contribution in [1.29, 1.82) is 0 Å². The number of nitrogens with one attached hydrogen (secondary N) is 1. The Hall–Kier alpha value is -1.40. The first-order valence-electron chi connectivity index (χ1n) is 5.98. The number of rotatable bonds is 7. The monoisotopic (exact) mass is 285 g/mol. The van der Waals surface area contributed by atoms with Crippen LogP contribution in [0.15, 0.2) is 24.3 Å². The Kier molecular flexibility index (Phi) is 5.98. The predicted octanol–water partition coefficient (Wildman–Crippen LogP) is 0.998. The van der Waals surface area contributed by atoms with Crippen LogP contribution in [-0.2, 0) is 21.1 Å². The fourth-order valence-corrected chi connectivity index (χ4v) is 2.33. The lowest BCUT2D eigenvalue weighted by Crippen LogP contribution is -2.19. The van der Waals surface area contributed by atoms with Gasteiger partial charge in [0.25, 0.3) is 0 Å². The number of sulfone groups is 1. The summed E-state index contributed by atoms with van der Waals surface area (Å²) in [6.45, 7) is 1.09. The maximum absolute atomic E-state index is 11.5. The van der Waals surface area contributed by atoms with Crippen molar-refractivity contribution in [2.45, 2.75) is 13.0 Å². The largest absolute Gasteiger partial charge is 0.465 e.